The Labute approximate surface area is 161 Å². The Balaban J connectivity index is 1.46. The molecule has 1 saturated heterocycles. The Morgan fingerprint density at radius 3 is 2.59 bits per heavy atom. The lowest BCUT2D eigenvalue weighted by atomic mass is 9.91. The number of aryl methyl sites for hydroxylation is 2. The molecule has 2 heterocycles. The van der Waals surface area contributed by atoms with Gasteiger partial charge in [0.25, 0.3) is 0 Å². The third-order valence-corrected chi connectivity index (χ3v) is 7.76. The van der Waals surface area contributed by atoms with E-state index in [-0.39, 0.29) is 0 Å². The van der Waals surface area contributed by atoms with Gasteiger partial charge in [-0.05, 0) is 67.9 Å². The fraction of sp³-hybridized carbons (Fsp3) is 0.364. The maximum absolute atomic E-state index is 13.1. The zero-order chi connectivity index (χ0) is 19.0. The number of sulfonamides is 1. The van der Waals surface area contributed by atoms with E-state index in [9.17, 15) is 8.42 Å². The highest BCUT2D eigenvalue weighted by atomic mass is 32.2. The van der Waals surface area contributed by atoms with Crippen LogP contribution in [0.15, 0.2) is 53.6 Å². The van der Waals surface area contributed by atoms with Gasteiger partial charge in [0, 0.05) is 30.2 Å². The molecule has 0 radical (unpaired) electrons. The predicted molar refractivity (Wildman–Crippen MR) is 109 cm³/mol. The monoisotopic (exact) mass is 382 g/mol. The number of piperidine rings is 1. The number of rotatable bonds is 4. The highest BCUT2D eigenvalue weighted by molar-refractivity contribution is 7.89. The van der Waals surface area contributed by atoms with Crippen LogP contribution in [0.3, 0.4) is 0 Å². The van der Waals surface area contributed by atoms with E-state index >= 15 is 0 Å². The van der Waals surface area contributed by atoms with Crippen LogP contribution < -0.4 is 0 Å². The van der Waals surface area contributed by atoms with Crippen molar-refractivity contribution in [2.75, 3.05) is 13.1 Å². The molecule has 4 rings (SSSR count). The van der Waals surface area contributed by atoms with Crippen LogP contribution in [0.5, 0.6) is 0 Å². The maximum atomic E-state index is 13.1. The third kappa shape index (κ3) is 3.54. The standard InChI is InChI=1S/C22H26N2O2S/c1-16-7-8-17(2)22(13-16)27(25,26)24-11-9-18(10-12-24)14-19-15-23-21-6-4-3-5-20(19)21/h3-8,13,15,18,23H,9-12,14H2,1-2H3. The van der Waals surface area contributed by atoms with Crippen molar-refractivity contribution in [1.29, 1.82) is 0 Å². The van der Waals surface area contributed by atoms with E-state index < -0.39 is 10.0 Å². The molecule has 5 heteroatoms. The number of nitrogens with zero attached hydrogens (tertiary/aromatic N) is 1. The molecule has 3 aromatic rings. The number of nitrogens with one attached hydrogen (secondary N) is 1. The van der Waals surface area contributed by atoms with E-state index in [4.69, 9.17) is 0 Å². The van der Waals surface area contributed by atoms with Crippen molar-refractivity contribution in [3.63, 3.8) is 0 Å². The molecule has 1 N–H and O–H groups in total. The minimum atomic E-state index is -3.41. The largest absolute Gasteiger partial charge is 0.361 e. The van der Waals surface area contributed by atoms with Crippen LogP contribution in [-0.4, -0.2) is 30.8 Å². The van der Waals surface area contributed by atoms with Gasteiger partial charge in [-0.2, -0.15) is 4.31 Å². The number of para-hydroxylation sites is 1. The van der Waals surface area contributed by atoms with Crippen LogP contribution in [0, 0.1) is 19.8 Å². The van der Waals surface area contributed by atoms with Gasteiger partial charge in [-0.3, -0.25) is 0 Å². The summed E-state index contributed by atoms with van der Waals surface area (Å²) in [7, 11) is -3.41. The molecule has 27 heavy (non-hydrogen) atoms. The molecule has 1 aliphatic rings. The number of aromatic nitrogens is 1. The van der Waals surface area contributed by atoms with Gasteiger partial charge in [-0.15, -0.1) is 0 Å². The van der Waals surface area contributed by atoms with E-state index in [1.54, 1.807) is 10.4 Å². The molecule has 0 spiro atoms. The molecule has 1 fully saturated rings. The van der Waals surface area contributed by atoms with E-state index in [0.717, 1.165) is 30.4 Å². The van der Waals surface area contributed by atoms with Gasteiger partial charge >= 0.3 is 0 Å². The average molecular weight is 383 g/mol. The summed E-state index contributed by atoms with van der Waals surface area (Å²) in [6.45, 7) is 5.01. The van der Waals surface area contributed by atoms with Crippen LogP contribution in [-0.2, 0) is 16.4 Å². The molecule has 2 aromatic carbocycles. The number of aromatic amines is 1. The molecule has 4 nitrogen and oxygen atoms in total. The predicted octanol–water partition coefficient (Wildman–Crippen LogP) is 4.43. The van der Waals surface area contributed by atoms with E-state index in [0.29, 0.717) is 23.9 Å². The summed E-state index contributed by atoms with van der Waals surface area (Å²) < 4.78 is 27.8. The highest BCUT2D eigenvalue weighted by Crippen LogP contribution is 2.29. The molecular formula is C22H26N2O2S. The van der Waals surface area contributed by atoms with Crippen molar-refractivity contribution in [1.82, 2.24) is 9.29 Å². The normalized spacial score (nSPS) is 16.8. The van der Waals surface area contributed by atoms with Crippen molar-refractivity contribution < 1.29 is 8.42 Å². The Kier molecular flexibility index (Phi) is 4.82. The second kappa shape index (κ2) is 7.13. The zero-order valence-electron chi connectivity index (χ0n) is 15.9. The fourth-order valence-electron chi connectivity index (χ4n) is 4.09. The summed E-state index contributed by atoms with van der Waals surface area (Å²) in [6.07, 6.45) is 4.92. The van der Waals surface area contributed by atoms with Crippen molar-refractivity contribution in [2.24, 2.45) is 5.92 Å². The Morgan fingerprint density at radius 1 is 1.07 bits per heavy atom. The molecule has 1 aliphatic heterocycles. The number of hydrogen-bond donors (Lipinski definition) is 1. The molecule has 0 amide bonds. The van der Waals surface area contributed by atoms with Gasteiger partial charge in [0.15, 0.2) is 0 Å². The zero-order valence-corrected chi connectivity index (χ0v) is 16.7. The van der Waals surface area contributed by atoms with Gasteiger partial charge < -0.3 is 4.98 Å². The molecule has 0 aliphatic carbocycles. The smallest absolute Gasteiger partial charge is 0.243 e. The van der Waals surface area contributed by atoms with Gasteiger partial charge in [0.05, 0.1) is 4.90 Å². The lowest BCUT2D eigenvalue weighted by Crippen LogP contribution is -2.39. The van der Waals surface area contributed by atoms with Gasteiger partial charge in [0.1, 0.15) is 0 Å². The van der Waals surface area contributed by atoms with E-state index in [1.165, 1.54) is 16.5 Å². The lowest BCUT2D eigenvalue weighted by molar-refractivity contribution is 0.273. The summed E-state index contributed by atoms with van der Waals surface area (Å²) in [6, 6.07) is 14.0. The first-order valence-corrected chi connectivity index (χ1v) is 11.0. The maximum Gasteiger partial charge on any atom is 0.243 e. The van der Waals surface area contributed by atoms with Crippen molar-refractivity contribution in [3.05, 3.63) is 65.4 Å². The van der Waals surface area contributed by atoms with Gasteiger partial charge in [-0.1, -0.05) is 30.3 Å². The quantitative estimate of drug-likeness (QED) is 0.726. The van der Waals surface area contributed by atoms with Crippen molar-refractivity contribution >= 4 is 20.9 Å². The molecule has 0 saturated carbocycles. The lowest BCUT2D eigenvalue weighted by Gasteiger charge is -2.31. The minimum Gasteiger partial charge on any atom is -0.361 e. The number of fused-ring (bicyclic) bond motifs is 1. The van der Waals surface area contributed by atoms with Crippen LogP contribution >= 0.6 is 0 Å². The molecule has 0 bridgehead atoms. The second-order valence-electron chi connectivity index (χ2n) is 7.68. The van der Waals surface area contributed by atoms with Crippen molar-refractivity contribution in [2.45, 2.75) is 38.0 Å². The van der Waals surface area contributed by atoms with Gasteiger partial charge in [-0.25, -0.2) is 8.42 Å². The first-order chi connectivity index (χ1) is 12.9. The van der Waals surface area contributed by atoms with Crippen molar-refractivity contribution in [3.8, 4) is 0 Å². The Hall–Kier alpha value is -2.11. The molecule has 0 atom stereocenters. The number of H-pyrrole nitrogens is 1. The Bertz CT molecular complexity index is 1060. The summed E-state index contributed by atoms with van der Waals surface area (Å²) in [4.78, 5) is 3.79. The molecule has 1 aromatic heterocycles. The van der Waals surface area contributed by atoms with Crippen LogP contribution in [0.2, 0.25) is 0 Å². The molecule has 0 unspecified atom stereocenters. The first kappa shape index (κ1) is 18.3. The van der Waals surface area contributed by atoms with Gasteiger partial charge in [0.2, 0.25) is 10.0 Å². The van der Waals surface area contributed by atoms with Crippen LogP contribution in [0.25, 0.3) is 10.9 Å². The molecular weight excluding hydrogens is 356 g/mol. The summed E-state index contributed by atoms with van der Waals surface area (Å²) in [5.41, 5.74) is 4.30. The fourth-order valence-corrected chi connectivity index (χ4v) is 5.87. The van der Waals surface area contributed by atoms with Crippen LogP contribution in [0.1, 0.15) is 29.5 Å². The summed E-state index contributed by atoms with van der Waals surface area (Å²) in [5.74, 6) is 0.522. The second-order valence-corrected chi connectivity index (χ2v) is 9.59. The van der Waals surface area contributed by atoms with Crippen LogP contribution in [0.4, 0.5) is 0 Å². The topological polar surface area (TPSA) is 53.2 Å². The van der Waals surface area contributed by atoms with E-state index in [1.807, 2.05) is 32.0 Å². The summed E-state index contributed by atoms with van der Waals surface area (Å²) in [5, 5.41) is 1.28. The first-order valence-electron chi connectivity index (χ1n) is 9.57. The number of hydrogen-bond acceptors (Lipinski definition) is 2. The minimum absolute atomic E-state index is 0.456. The highest BCUT2D eigenvalue weighted by Gasteiger charge is 2.30. The Morgan fingerprint density at radius 2 is 1.81 bits per heavy atom. The molecule has 142 valence electrons. The SMILES string of the molecule is Cc1ccc(C)c(S(=O)(=O)N2CCC(Cc3c[nH]c4ccccc34)CC2)c1. The third-order valence-electron chi connectivity index (χ3n) is 5.72. The average Bonchev–Trinajstić information content (AvgIpc) is 3.07. The number of benzene rings is 2. The summed E-state index contributed by atoms with van der Waals surface area (Å²) >= 11 is 0. The van der Waals surface area contributed by atoms with E-state index in [2.05, 4.69) is 29.4 Å².